The number of nitrogens with zero attached hydrogens (tertiary/aromatic N) is 4. The van der Waals surface area contributed by atoms with Crippen molar-refractivity contribution in [1.29, 1.82) is 0 Å². The summed E-state index contributed by atoms with van der Waals surface area (Å²) in [5.41, 5.74) is 2.25. The van der Waals surface area contributed by atoms with Gasteiger partial charge in [0, 0.05) is 45.5 Å². The molecule has 0 saturated carbocycles. The lowest BCUT2D eigenvalue weighted by molar-refractivity contribution is 0.270. The van der Waals surface area contributed by atoms with Gasteiger partial charge in [0.2, 0.25) is 0 Å². The van der Waals surface area contributed by atoms with Crippen LogP contribution in [0.3, 0.4) is 0 Å². The van der Waals surface area contributed by atoms with Crippen LogP contribution in [-0.4, -0.2) is 62.2 Å². The average molecular weight is 538 g/mol. The van der Waals surface area contributed by atoms with Crippen LogP contribution in [0.2, 0.25) is 0 Å². The highest BCUT2D eigenvalue weighted by Gasteiger charge is 2.16. The maximum atomic E-state index is 5.29. The van der Waals surface area contributed by atoms with Gasteiger partial charge < -0.3 is 25.2 Å². The standard InChI is InChI=1S/C23H34N6O.HI/c1-4-24-23(26-16-19-7-6-8-21(15-19)30-3)27-18-20-9-10-22(25-17-20)29-13-11-28(5-2)12-14-29;/h6-10,15,17H,4-5,11-14,16,18H2,1-3H3,(H2,24,26,27);1H. The van der Waals surface area contributed by atoms with E-state index in [2.05, 4.69) is 57.5 Å². The lowest BCUT2D eigenvalue weighted by Gasteiger charge is -2.34. The zero-order valence-corrected chi connectivity index (χ0v) is 21.1. The van der Waals surface area contributed by atoms with Gasteiger partial charge in [0.05, 0.1) is 13.7 Å². The molecule has 0 unspecified atom stereocenters. The number of aliphatic imine (C=N–C) groups is 1. The van der Waals surface area contributed by atoms with Crippen LogP contribution in [0, 0.1) is 0 Å². The minimum absolute atomic E-state index is 0. The van der Waals surface area contributed by atoms with E-state index in [9.17, 15) is 0 Å². The molecule has 1 aromatic carbocycles. The van der Waals surface area contributed by atoms with E-state index >= 15 is 0 Å². The fourth-order valence-electron chi connectivity index (χ4n) is 3.47. The third kappa shape index (κ3) is 7.84. The van der Waals surface area contributed by atoms with Crippen molar-refractivity contribution in [2.75, 3.05) is 51.3 Å². The molecule has 0 bridgehead atoms. The first-order valence-corrected chi connectivity index (χ1v) is 10.8. The summed E-state index contributed by atoms with van der Waals surface area (Å²) in [6.45, 7) is 11.8. The van der Waals surface area contributed by atoms with Gasteiger partial charge >= 0.3 is 0 Å². The van der Waals surface area contributed by atoms with E-state index in [0.717, 1.165) is 67.9 Å². The lowest BCUT2D eigenvalue weighted by atomic mass is 10.2. The summed E-state index contributed by atoms with van der Waals surface area (Å²) in [5, 5.41) is 6.68. The highest BCUT2D eigenvalue weighted by molar-refractivity contribution is 14.0. The van der Waals surface area contributed by atoms with Gasteiger partial charge in [0.15, 0.2) is 5.96 Å². The number of hydrogen-bond donors (Lipinski definition) is 2. The Labute approximate surface area is 203 Å². The van der Waals surface area contributed by atoms with Crippen molar-refractivity contribution in [3.8, 4) is 5.75 Å². The predicted octanol–water partition coefficient (Wildman–Crippen LogP) is 3.11. The Bertz CT molecular complexity index is 806. The van der Waals surface area contributed by atoms with Gasteiger partial charge in [-0.05, 0) is 42.8 Å². The molecule has 3 rings (SSSR count). The molecule has 0 spiro atoms. The smallest absolute Gasteiger partial charge is 0.191 e. The molecule has 0 atom stereocenters. The second-order valence-electron chi connectivity index (χ2n) is 7.35. The van der Waals surface area contributed by atoms with Gasteiger partial charge in [-0.25, -0.2) is 9.98 Å². The molecule has 0 amide bonds. The van der Waals surface area contributed by atoms with Crippen LogP contribution in [0.5, 0.6) is 5.75 Å². The number of anilines is 1. The molecule has 0 radical (unpaired) electrons. The fraction of sp³-hybridized carbons (Fsp3) is 0.478. The summed E-state index contributed by atoms with van der Waals surface area (Å²) in [7, 11) is 1.68. The van der Waals surface area contributed by atoms with Crippen molar-refractivity contribution in [3.05, 3.63) is 53.7 Å². The van der Waals surface area contributed by atoms with E-state index in [4.69, 9.17) is 9.73 Å². The number of guanidine groups is 1. The molecule has 7 nitrogen and oxygen atoms in total. The lowest BCUT2D eigenvalue weighted by Crippen LogP contribution is -2.46. The normalized spacial score (nSPS) is 14.7. The number of ether oxygens (including phenoxy) is 1. The molecule has 2 aromatic rings. The first-order valence-electron chi connectivity index (χ1n) is 10.8. The van der Waals surface area contributed by atoms with E-state index in [1.54, 1.807) is 7.11 Å². The number of hydrogen-bond acceptors (Lipinski definition) is 5. The number of benzene rings is 1. The number of likely N-dealkylation sites (N-methyl/N-ethyl adjacent to an activating group) is 1. The molecule has 8 heteroatoms. The number of aromatic nitrogens is 1. The zero-order chi connectivity index (χ0) is 21.2. The maximum Gasteiger partial charge on any atom is 0.191 e. The summed E-state index contributed by atoms with van der Waals surface area (Å²) < 4.78 is 5.29. The minimum atomic E-state index is 0. The fourth-order valence-corrected chi connectivity index (χ4v) is 3.47. The Hall–Kier alpha value is -2.07. The van der Waals surface area contributed by atoms with E-state index in [0.29, 0.717) is 13.1 Å². The Morgan fingerprint density at radius 3 is 2.52 bits per heavy atom. The molecule has 2 N–H and O–H groups in total. The summed E-state index contributed by atoms with van der Waals surface area (Å²) >= 11 is 0. The average Bonchev–Trinajstić information content (AvgIpc) is 2.81. The topological polar surface area (TPSA) is 65.0 Å². The molecule has 1 aromatic heterocycles. The van der Waals surface area contributed by atoms with Gasteiger partial charge in [-0.2, -0.15) is 0 Å². The summed E-state index contributed by atoms with van der Waals surface area (Å²) in [6.07, 6.45) is 1.94. The number of nitrogens with one attached hydrogen (secondary N) is 2. The summed E-state index contributed by atoms with van der Waals surface area (Å²) in [6, 6.07) is 12.3. The zero-order valence-electron chi connectivity index (χ0n) is 18.8. The number of rotatable bonds is 8. The number of piperazine rings is 1. The third-order valence-electron chi connectivity index (χ3n) is 5.31. The minimum Gasteiger partial charge on any atom is -0.497 e. The molecular formula is C23H35IN6O. The Balaban J connectivity index is 0.00000341. The van der Waals surface area contributed by atoms with E-state index in [-0.39, 0.29) is 24.0 Å². The van der Waals surface area contributed by atoms with Gasteiger partial charge in [-0.3, -0.25) is 0 Å². The van der Waals surface area contributed by atoms with Crippen molar-refractivity contribution in [2.45, 2.75) is 26.9 Å². The van der Waals surface area contributed by atoms with E-state index in [1.165, 1.54) is 0 Å². The van der Waals surface area contributed by atoms with Crippen LogP contribution >= 0.6 is 24.0 Å². The number of methoxy groups -OCH3 is 1. The predicted molar refractivity (Wildman–Crippen MR) is 139 cm³/mol. The number of pyridine rings is 1. The highest BCUT2D eigenvalue weighted by Crippen LogP contribution is 2.15. The first kappa shape index (κ1) is 25.2. The molecule has 170 valence electrons. The van der Waals surface area contributed by atoms with Gasteiger partial charge in [0.25, 0.3) is 0 Å². The van der Waals surface area contributed by atoms with Gasteiger partial charge in [0.1, 0.15) is 11.6 Å². The maximum absolute atomic E-state index is 5.29. The third-order valence-corrected chi connectivity index (χ3v) is 5.31. The van der Waals surface area contributed by atoms with Crippen molar-refractivity contribution in [1.82, 2.24) is 20.5 Å². The molecule has 2 heterocycles. The van der Waals surface area contributed by atoms with Crippen LogP contribution in [0.1, 0.15) is 25.0 Å². The molecular weight excluding hydrogens is 503 g/mol. The molecule has 31 heavy (non-hydrogen) atoms. The van der Waals surface area contributed by atoms with E-state index < -0.39 is 0 Å². The van der Waals surface area contributed by atoms with Gasteiger partial charge in [-0.1, -0.05) is 25.1 Å². The monoisotopic (exact) mass is 538 g/mol. The number of halogens is 1. The van der Waals surface area contributed by atoms with Crippen LogP contribution in [-0.2, 0) is 13.1 Å². The second kappa shape index (κ2) is 13.4. The van der Waals surface area contributed by atoms with Crippen LogP contribution < -0.4 is 20.3 Å². The second-order valence-corrected chi connectivity index (χ2v) is 7.35. The van der Waals surface area contributed by atoms with Gasteiger partial charge in [-0.15, -0.1) is 24.0 Å². The molecule has 1 fully saturated rings. The van der Waals surface area contributed by atoms with Crippen molar-refractivity contribution < 1.29 is 4.74 Å². The van der Waals surface area contributed by atoms with Crippen molar-refractivity contribution >= 4 is 35.8 Å². The van der Waals surface area contributed by atoms with Crippen molar-refractivity contribution in [3.63, 3.8) is 0 Å². The molecule has 1 saturated heterocycles. The summed E-state index contributed by atoms with van der Waals surface area (Å²) in [5.74, 6) is 2.71. The van der Waals surface area contributed by atoms with Crippen molar-refractivity contribution in [2.24, 2.45) is 4.99 Å². The van der Waals surface area contributed by atoms with Crippen LogP contribution in [0.15, 0.2) is 47.6 Å². The Morgan fingerprint density at radius 2 is 1.87 bits per heavy atom. The van der Waals surface area contributed by atoms with E-state index in [1.807, 2.05) is 24.4 Å². The highest BCUT2D eigenvalue weighted by atomic mass is 127. The SMILES string of the molecule is CCNC(=NCc1ccc(N2CCN(CC)CC2)nc1)NCc1cccc(OC)c1.I. The van der Waals surface area contributed by atoms with Crippen LogP contribution in [0.4, 0.5) is 5.82 Å². The summed E-state index contributed by atoms with van der Waals surface area (Å²) in [4.78, 5) is 14.2. The first-order chi connectivity index (χ1) is 14.7. The molecule has 0 aliphatic carbocycles. The quantitative estimate of drug-likeness (QED) is 0.306. The van der Waals surface area contributed by atoms with Crippen LogP contribution in [0.25, 0.3) is 0 Å². The molecule has 1 aliphatic rings. The molecule has 1 aliphatic heterocycles. The largest absolute Gasteiger partial charge is 0.497 e. The Kier molecular flexibility index (Phi) is 10.9. The Morgan fingerprint density at radius 1 is 1.06 bits per heavy atom.